The molecule has 372 valence electrons. The summed E-state index contributed by atoms with van der Waals surface area (Å²) in [6.07, 6.45) is 19.5. The standard InChI is InChI=1S/C28H31N9O.C24H22F2N8O/c1-20(28-33-32-26-10-9-25(34-37(26)28)23-16-31-35(2)19-23)21-7-6-8-22(15-21)27-29-17-24(18-30-27)38-14-13-36-11-4-3-5-12-36;1-3-4-10-35-19-13-27-22(28-14-19)16-6-5-7-18(11-16)24(25,26)23-31-30-21-9-8-20(32-34(21)23)17-12-29-33(2)15-17/h6-10,15-20H,3-5,11-14H2,1-2H3;5-9,11-15H,3-4,10H2,1-2H3. The molecule has 1 fully saturated rings. The van der Waals surface area contributed by atoms with E-state index in [2.05, 4.69) is 86.5 Å². The number of benzene rings is 2. The van der Waals surface area contributed by atoms with Gasteiger partial charge in [-0.25, -0.2) is 19.9 Å². The van der Waals surface area contributed by atoms with E-state index in [1.54, 1.807) is 78.0 Å². The number of unbranched alkanes of at least 4 members (excludes halogenated alkanes) is 1. The third-order valence-electron chi connectivity index (χ3n) is 12.5. The lowest BCUT2D eigenvalue weighted by atomic mass is 9.98. The van der Waals surface area contributed by atoms with Crippen molar-refractivity contribution in [3.05, 3.63) is 145 Å². The zero-order valence-corrected chi connectivity index (χ0v) is 40.9. The van der Waals surface area contributed by atoms with Crippen LogP contribution in [0.1, 0.15) is 74.6 Å². The lowest BCUT2D eigenvalue weighted by molar-refractivity contribution is 0.0306. The van der Waals surface area contributed by atoms with Crippen LogP contribution in [0.25, 0.3) is 56.6 Å². The number of hydrogen-bond acceptors (Lipinski definition) is 15. The van der Waals surface area contributed by atoms with Gasteiger partial charge in [-0.15, -0.1) is 20.4 Å². The van der Waals surface area contributed by atoms with Gasteiger partial charge in [0.1, 0.15) is 6.61 Å². The molecular weight excluding hydrogens is 933 g/mol. The van der Waals surface area contributed by atoms with Crippen molar-refractivity contribution in [3.8, 4) is 56.8 Å². The third-order valence-corrected chi connectivity index (χ3v) is 12.5. The second-order valence-electron chi connectivity index (χ2n) is 17.8. The molecule has 19 nitrogen and oxygen atoms in total. The van der Waals surface area contributed by atoms with Gasteiger partial charge in [0.2, 0.25) is 5.82 Å². The van der Waals surface area contributed by atoms with Crippen LogP contribution in [0.15, 0.2) is 122 Å². The van der Waals surface area contributed by atoms with Crippen molar-refractivity contribution in [2.45, 2.75) is 57.8 Å². The number of halogens is 2. The van der Waals surface area contributed by atoms with Crippen LogP contribution >= 0.6 is 0 Å². The molecule has 1 unspecified atom stereocenters. The second-order valence-corrected chi connectivity index (χ2v) is 17.8. The maximum atomic E-state index is 15.7. The fraction of sp³-hybridized carbons (Fsp3) is 0.308. The van der Waals surface area contributed by atoms with Gasteiger partial charge in [0, 0.05) is 66.8 Å². The molecule has 1 aliphatic heterocycles. The smallest absolute Gasteiger partial charge is 0.333 e. The summed E-state index contributed by atoms with van der Waals surface area (Å²) in [5, 5.41) is 34.0. The Hall–Kier alpha value is -8.46. The Labute approximate surface area is 419 Å². The summed E-state index contributed by atoms with van der Waals surface area (Å²) in [6, 6.07) is 21.3. The molecule has 11 rings (SSSR count). The molecule has 0 N–H and O–H groups in total. The van der Waals surface area contributed by atoms with Crippen molar-refractivity contribution in [2.75, 3.05) is 32.8 Å². The van der Waals surface area contributed by atoms with E-state index >= 15 is 8.78 Å². The van der Waals surface area contributed by atoms with Crippen LogP contribution in [-0.4, -0.2) is 117 Å². The second kappa shape index (κ2) is 21.5. The van der Waals surface area contributed by atoms with Crippen molar-refractivity contribution in [3.63, 3.8) is 0 Å². The topological polar surface area (TPSA) is 195 Å². The summed E-state index contributed by atoms with van der Waals surface area (Å²) in [5.74, 6) is -1.13. The normalized spacial score (nSPS) is 13.5. The van der Waals surface area contributed by atoms with Crippen molar-refractivity contribution in [1.82, 2.24) is 84.0 Å². The van der Waals surface area contributed by atoms with Gasteiger partial charge in [0.15, 0.2) is 40.3 Å². The first-order valence-electron chi connectivity index (χ1n) is 24.2. The number of nitrogens with zero attached hydrogens (tertiary/aromatic N) is 17. The number of rotatable bonds is 16. The van der Waals surface area contributed by atoms with E-state index in [1.165, 1.54) is 50.6 Å². The van der Waals surface area contributed by atoms with Gasteiger partial charge in [-0.05, 0) is 74.3 Å². The zero-order chi connectivity index (χ0) is 50.3. The fourth-order valence-corrected chi connectivity index (χ4v) is 8.44. The maximum absolute atomic E-state index is 15.7. The molecule has 0 amide bonds. The zero-order valence-electron chi connectivity index (χ0n) is 40.9. The monoisotopic (exact) mass is 985 g/mol. The quantitative estimate of drug-likeness (QED) is 0.0838. The number of piperidine rings is 1. The minimum absolute atomic E-state index is 0.0426. The van der Waals surface area contributed by atoms with E-state index in [0.29, 0.717) is 58.8 Å². The van der Waals surface area contributed by atoms with Gasteiger partial charge in [-0.1, -0.05) is 63.1 Å². The van der Waals surface area contributed by atoms with Crippen LogP contribution in [0.3, 0.4) is 0 Å². The predicted octanol–water partition coefficient (Wildman–Crippen LogP) is 8.30. The van der Waals surface area contributed by atoms with E-state index in [9.17, 15) is 0 Å². The van der Waals surface area contributed by atoms with Gasteiger partial charge in [-0.2, -0.15) is 38.2 Å². The molecule has 0 saturated carbocycles. The molecule has 0 aliphatic carbocycles. The Balaban J connectivity index is 0.000000168. The van der Waals surface area contributed by atoms with Gasteiger partial charge in [0.25, 0.3) is 0 Å². The van der Waals surface area contributed by atoms with E-state index < -0.39 is 11.7 Å². The fourth-order valence-electron chi connectivity index (χ4n) is 8.44. The van der Waals surface area contributed by atoms with Gasteiger partial charge in [-0.3, -0.25) is 14.3 Å². The summed E-state index contributed by atoms with van der Waals surface area (Å²) in [4.78, 5) is 20.2. The number of fused-ring (bicyclic) bond motifs is 2. The Morgan fingerprint density at radius 1 is 0.616 bits per heavy atom. The molecule has 0 radical (unpaired) electrons. The lowest BCUT2D eigenvalue weighted by Gasteiger charge is -2.26. The summed E-state index contributed by atoms with van der Waals surface area (Å²) < 4.78 is 49.1. The minimum atomic E-state index is -3.47. The number of likely N-dealkylation sites (tertiary alicyclic amines) is 1. The number of aromatic nitrogens is 16. The van der Waals surface area contributed by atoms with Gasteiger partial charge in [0.05, 0.1) is 55.2 Å². The molecule has 0 bridgehead atoms. The van der Waals surface area contributed by atoms with E-state index in [1.807, 2.05) is 42.0 Å². The molecule has 1 saturated heterocycles. The van der Waals surface area contributed by atoms with Crippen LogP contribution in [0.2, 0.25) is 0 Å². The van der Waals surface area contributed by atoms with E-state index in [-0.39, 0.29) is 17.1 Å². The largest absolute Gasteiger partial charge is 0.490 e. The highest BCUT2D eigenvalue weighted by molar-refractivity contribution is 5.61. The van der Waals surface area contributed by atoms with E-state index in [4.69, 9.17) is 14.6 Å². The molecule has 10 aromatic rings. The molecule has 9 heterocycles. The molecule has 0 spiro atoms. The SMILES string of the molecule is CC(c1cccc(-c2ncc(OCCN3CCCCC3)cn2)c1)c1nnc2ccc(-c3cnn(C)c3)nn12.CCCCOc1cnc(-c2cccc(C(F)(F)c3nnc4ccc(-c5cnn(C)c5)nn34)c2)nc1. The van der Waals surface area contributed by atoms with Gasteiger partial charge < -0.3 is 9.47 Å². The average Bonchev–Trinajstić information content (AvgIpc) is 4.27. The molecule has 1 aliphatic rings. The third kappa shape index (κ3) is 10.9. The first-order valence-corrected chi connectivity index (χ1v) is 24.2. The molecule has 73 heavy (non-hydrogen) atoms. The Kier molecular flexibility index (Phi) is 14.2. The maximum Gasteiger partial charge on any atom is 0.333 e. The highest BCUT2D eigenvalue weighted by atomic mass is 19.3. The van der Waals surface area contributed by atoms with Crippen molar-refractivity contribution >= 4 is 11.3 Å². The first-order chi connectivity index (χ1) is 35.6. The number of hydrogen-bond donors (Lipinski definition) is 0. The number of ether oxygens (including phenoxy) is 2. The van der Waals surface area contributed by atoms with Crippen molar-refractivity contribution in [1.29, 1.82) is 0 Å². The molecular formula is C52H53F2N17O2. The van der Waals surface area contributed by atoms with Gasteiger partial charge >= 0.3 is 5.92 Å². The summed E-state index contributed by atoms with van der Waals surface area (Å²) in [6.45, 7) is 8.68. The van der Waals surface area contributed by atoms with Crippen molar-refractivity contribution in [2.24, 2.45) is 14.1 Å². The van der Waals surface area contributed by atoms with Crippen LogP contribution in [0, 0.1) is 0 Å². The highest BCUT2D eigenvalue weighted by Crippen LogP contribution is 2.36. The van der Waals surface area contributed by atoms with Crippen LogP contribution in [-0.2, 0) is 20.0 Å². The highest BCUT2D eigenvalue weighted by Gasteiger charge is 2.40. The molecule has 21 heteroatoms. The first kappa shape index (κ1) is 48.2. The Morgan fingerprint density at radius 3 is 1.81 bits per heavy atom. The van der Waals surface area contributed by atoms with Crippen LogP contribution < -0.4 is 9.47 Å². The van der Waals surface area contributed by atoms with Crippen molar-refractivity contribution < 1.29 is 18.3 Å². The Bertz CT molecular complexity index is 3440. The summed E-state index contributed by atoms with van der Waals surface area (Å²) in [5.41, 5.74) is 6.04. The predicted molar refractivity (Wildman–Crippen MR) is 268 cm³/mol. The Morgan fingerprint density at radius 2 is 1.19 bits per heavy atom. The molecule has 2 aromatic carbocycles. The van der Waals surface area contributed by atoms with Crippen LogP contribution in [0.4, 0.5) is 8.78 Å². The summed E-state index contributed by atoms with van der Waals surface area (Å²) in [7, 11) is 3.66. The summed E-state index contributed by atoms with van der Waals surface area (Å²) >= 11 is 0. The molecule has 1 atom stereocenters. The average molecular weight is 986 g/mol. The van der Waals surface area contributed by atoms with E-state index in [0.717, 1.165) is 52.1 Å². The number of aryl methyl sites for hydroxylation is 2. The molecule has 8 aromatic heterocycles. The minimum Gasteiger partial charge on any atom is -0.490 e. The van der Waals surface area contributed by atoms with Crippen LogP contribution in [0.5, 0.6) is 11.5 Å². The lowest BCUT2D eigenvalue weighted by Crippen LogP contribution is -2.33. The number of alkyl halides is 2.